The molecule has 0 bridgehead atoms. The minimum atomic E-state index is -0.662. The summed E-state index contributed by atoms with van der Waals surface area (Å²) in [5, 5.41) is 23.3. The van der Waals surface area contributed by atoms with E-state index in [1.807, 2.05) is 26.0 Å². The predicted octanol–water partition coefficient (Wildman–Crippen LogP) is 4.43. The number of carbonyl (C=O) groups is 1. The number of hydrogen-bond acceptors (Lipinski definition) is 5. The van der Waals surface area contributed by atoms with E-state index in [1.165, 1.54) is 6.20 Å². The monoisotopic (exact) mass is 403 g/mol. The standard InChI is InChI=1S/C24H25N3O3/c1-24(2,29)18-7-9-19(10-8-18)27-23(28)16-5-3-15(4-6-16)21-20-11-12-30-22(20)17(13-25)14-26-21/h3-6,11-12,14,18-19,29H,7-10H2,1-2H3,(H,27,28). The lowest BCUT2D eigenvalue weighted by Gasteiger charge is -2.36. The lowest BCUT2D eigenvalue weighted by Crippen LogP contribution is -2.41. The number of benzene rings is 1. The third-order valence-corrected chi connectivity index (χ3v) is 6.09. The fourth-order valence-corrected chi connectivity index (χ4v) is 4.26. The van der Waals surface area contributed by atoms with Crippen LogP contribution in [0.2, 0.25) is 0 Å². The maximum Gasteiger partial charge on any atom is 0.251 e. The molecule has 0 aliphatic heterocycles. The van der Waals surface area contributed by atoms with Crippen molar-refractivity contribution in [3.05, 3.63) is 53.9 Å². The molecule has 0 saturated heterocycles. The maximum atomic E-state index is 12.7. The first-order valence-electron chi connectivity index (χ1n) is 10.3. The van der Waals surface area contributed by atoms with Gasteiger partial charge < -0.3 is 14.8 Å². The fourth-order valence-electron chi connectivity index (χ4n) is 4.26. The second-order valence-corrected chi connectivity index (χ2v) is 8.55. The summed E-state index contributed by atoms with van der Waals surface area (Å²) in [6.07, 6.45) is 6.64. The molecule has 154 valence electrons. The van der Waals surface area contributed by atoms with Crippen LogP contribution in [0.5, 0.6) is 0 Å². The van der Waals surface area contributed by atoms with Gasteiger partial charge in [-0.15, -0.1) is 0 Å². The molecule has 1 aliphatic carbocycles. The van der Waals surface area contributed by atoms with Gasteiger partial charge in [0.15, 0.2) is 5.58 Å². The summed E-state index contributed by atoms with van der Waals surface area (Å²) in [6.45, 7) is 3.72. The van der Waals surface area contributed by atoms with Crippen LogP contribution in [0.3, 0.4) is 0 Å². The van der Waals surface area contributed by atoms with Crippen LogP contribution in [0.15, 0.2) is 47.2 Å². The topological polar surface area (TPSA) is 99.1 Å². The average Bonchev–Trinajstić information content (AvgIpc) is 3.23. The molecule has 0 atom stereocenters. The number of aliphatic hydroxyl groups is 1. The third kappa shape index (κ3) is 3.94. The van der Waals surface area contributed by atoms with Crippen LogP contribution < -0.4 is 5.32 Å². The molecule has 1 fully saturated rings. The SMILES string of the molecule is CC(C)(O)C1CCC(NC(=O)c2ccc(-c3ncc(C#N)c4occc34)cc2)CC1. The molecule has 30 heavy (non-hydrogen) atoms. The van der Waals surface area contributed by atoms with Crippen molar-refractivity contribution in [2.45, 2.75) is 51.2 Å². The van der Waals surface area contributed by atoms with Crippen molar-refractivity contribution < 1.29 is 14.3 Å². The van der Waals surface area contributed by atoms with Crippen molar-refractivity contribution in [3.8, 4) is 17.3 Å². The lowest BCUT2D eigenvalue weighted by atomic mass is 9.77. The van der Waals surface area contributed by atoms with Crippen molar-refractivity contribution in [1.82, 2.24) is 10.3 Å². The van der Waals surface area contributed by atoms with E-state index in [4.69, 9.17) is 4.42 Å². The van der Waals surface area contributed by atoms with E-state index in [0.29, 0.717) is 16.7 Å². The Balaban J connectivity index is 1.45. The molecule has 1 amide bonds. The van der Waals surface area contributed by atoms with E-state index in [9.17, 15) is 15.2 Å². The van der Waals surface area contributed by atoms with Gasteiger partial charge in [0.05, 0.1) is 17.6 Å². The molecule has 0 radical (unpaired) electrons. The van der Waals surface area contributed by atoms with Gasteiger partial charge in [-0.25, -0.2) is 0 Å². The van der Waals surface area contributed by atoms with E-state index >= 15 is 0 Å². The molecule has 1 aliphatic rings. The number of nitrogens with one attached hydrogen (secondary N) is 1. The highest BCUT2D eigenvalue weighted by molar-refractivity contribution is 5.97. The minimum Gasteiger partial charge on any atom is -0.463 e. The van der Waals surface area contributed by atoms with Crippen LogP contribution in [0.4, 0.5) is 0 Å². The van der Waals surface area contributed by atoms with Gasteiger partial charge in [0.1, 0.15) is 11.6 Å². The molecule has 2 N–H and O–H groups in total. The van der Waals surface area contributed by atoms with Crippen LogP contribution in [-0.4, -0.2) is 27.6 Å². The van der Waals surface area contributed by atoms with Gasteiger partial charge in [0.25, 0.3) is 5.91 Å². The Hall–Kier alpha value is -3.17. The maximum absolute atomic E-state index is 12.7. The van der Waals surface area contributed by atoms with Gasteiger partial charge in [0, 0.05) is 28.8 Å². The number of carbonyl (C=O) groups excluding carboxylic acids is 1. The smallest absolute Gasteiger partial charge is 0.251 e. The van der Waals surface area contributed by atoms with Crippen LogP contribution in [0.1, 0.15) is 55.5 Å². The van der Waals surface area contributed by atoms with Crippen molar-refractivity contribution in [2.24, 2.45) is 5.92 Å². The van der Waals surface area contributed by atoms with Gasteiger partial charge in [0.2, 0.25) is 0 Å². The quantitative estimate of drug-likeness (QED) is 0.671. The van der Waals surface area contributed by atoms with Gasteiger partial charge in [-0.2, -0.15) is 5.26 Å². The lowest BCUT2D eigenvalue weighted by molar-refractivity contribution is -0.00257. The number of pyridine rings is 1. The normalized spacial score (nSPS) is 19.4. The zero-order valence-corrected chi connectivity index (χ0v) is 17.2. The summed E-state index contributed by atoms with van der Waals surface area (Å²) in [6, 6.07) is 11.3. The zero-order valence-electron chi connectivity index (χ0n) is 17.2. The zero-order chi connectivity index (χ0) is 21.3. The highest BCUT2D eigenvalue weighted by atomic mass is 16.3. The number of rotatable bonds is 4. The van der Waals surface area contributed by atoms with Crippen LogP contribution in [0.25, 0.3) is 22.2 Å². The molecule has 2 heterocycles. The first-order chi connectivity index (χ1) is 14.4. The molecule has 6 heteroatoms. The number of fused-ring (bicyclic) bond motifs is 1. The first-order valence-corrected chi connectivity index (χ1v) is 10.3. The van der Waals surface area contributed by atoms with Gasteiger partial charge in [-0.3, -0.25) is 9.78 Å². The molecule has 2 aromatic heterocycles. The van der Waals surface area contributed by atoms with E-state index in [-0.39, 0.29) is 17.9 Å². The molecule has 6 nitrogen and oxygen atoms in total. The highest BCUT2D eigenvalue weighted by Crippen LogP contribution is 2.33. The van der Waals surface area contributed by atoms with Crippen LogP contribution >= 0.6 is 0 Å². The fraction of sp³-hybridized carbons (Fsp3) is 0.375. The summed E-state index contributed by atoms with van der Waals surface area (Å²) in [5.74, 6) is 0.194. The van der Waals surface area contributed by atoms with Gasteiger partial charge in [-0.05, 0) is 63.6 Å². The summed E-state index contributed by atoms with van der Waals surface area (Å²) < 4.78 is 5.43. The number of furan rings is 1. The molecular weight excluding hydrogens is 378 g/mol. The second kappa shape index (κ2) is 7.92. The van der Waals surface area contributed by atoms with E-state index < -0.39 is 5.60 Å². The largest absolute Gasteiger partial charge is 0.463 e. The van der Waals surface area contributed by atoms with Gasteiger partial charge in [-0.1, -0.05) is 12.1 Å². The molecule has 3 aromatic rings. The number of aromatic nitrogens is 1. The number of hydrogen-bond donors (Lipinski definition) is 2. The van der Waals surface area contributed by atoms with Gasteiger partial charge >= 0.3 is 0 Å². The molecule has 1 saturated carbocycles. The number of amides is 1. The minimum absolute atomic E-state index is 0.0884. The van der Waals surface area contributed by atoms with Crippen molar-refractivity contribution >= 4 is 16.9 Å². The van der Waals surface area contributed by atoms with Crippen molar-refractivity contribution in [1.29, 1.82) is 5.26 Å². The number of nitriles is 1. The predicted molar refractivity (Wildman–Crippen MR) is 114 cm³/mol. The molecular formula is C24H25N3O3. The molecule has 0 unspecified atom stereocenters. The third-order valence-electron chi connectivity index (χ3n) is 6.09. The average molecular weight is 403 g/mol. The summed E-state index contributed by atoms with van der Waals surface area (Å²) in [4.78, 5) is 17.1. The van der Waals surface area contributed by atoms with Crippen molar-refractivity contribution in [3.63, 3.8) is 0 Å². The Labute approximate surface area is 175 Å². The second-order valence-electron chi connectivity index (χ2n) is 8.55. The Morgan fingerprint density at radius 1 is 1.20 bits per heavy atom. The van der Waals surface area contributed by atoms with Crippen LogP contribution in [0, 0.1) is 17.2 Å². The molecule has 1 aromatic carbocycles. The first kappa shape index (κ1) is 20.1. The van der Waals surface area contributed by atoms with E-state index in [2.05, 4.69) is 16.4 Å². The van der Waals surface area contributed by atoms with Crippen molar-refractivity contribution in [2.75, 3.05) is 0 Å². The number of nitrogens with zero attached hydrogens (tertiary/aromatic N) is 2. The van der Waals surface area contributed by atoms with E-state index in [0.717, 1.165) is 42.3 Å². The highest BCUT2D eigenvalue weighted by Gasteiger charge is 2.31. The van der Waals surface area contributed by atoms with E-state index in [1.54, 1.807) is 24.5 Å². The summed E-state index contributed by atoms with van der Waals surface area (Å²) in [5.41, 5.74) is 2.42. The molecule has 0 spiro atoms. The molecule has 4 rings (SSSR count). The summed E-state index contributed by atoms with van der Waals surface area (Å²) in [7, 11) is 0. The Kier molecular flexibility index (Phi) is 5.31. The Morgan fingerprint density at radius 3 is 2.53 bits per heavy atom. The van der Waals surface area contributed by atoms with Crippen LogP contribution in [-0.2, 0) is 0 Å². The summed E-state index contributed by atoms with van der Waals surface area (Å²) >= 11 is 0. The Bertz CT molecular complexity index is 1100. The Morgan fingerprint density at radius 2 is 1.90 bits per heavy atom.